The first-order valence-electron chi connectivity index (χ1n) is 5.63. The number of carboxylic acids is 1. The average Bonchev–Trinajstić information content (AvgIpc) is 2.32. The molecule has 1 rings (SSSR count). The predicted octanol–water partition coefficient (Wildman–Crippen LogP) is 0.226. The summed E-state index contributed by atoms with van der Waals surface area (Å²) in [6, 6.07) is 2.73. The number of amides is 1. The third-order valence-corrected chi connectivity index (χ3v) is 2.72. The van der Waals surface area contributed by atoms with E-state index in [9.17, 15) is 14.4 Å². The lowest BCUT2D eigenvalue weighted by atomic mass is 10.1. The molecule has 2 N–H and O–H groups in total. The third kappa shape index (κ3) is 3.44. The molecule has 0 aliphatic carbocycles. The van der Waals surface area contributed by atoms with Crippen molar-refractivity contribution in [2.24, 2.45) is 13.0 Å². The molecule has 1 atom stereocenters. The van der Waals surface area contributed by atoms with Crippen LogP contribution in [0.2, 0.25) is 0 Å². The normalized spacial score (nSPS) is 11.9. The molecule has 6 heteroatoms. The van der Waals surface area contributed by atoms with Crippen molar-refractivity contribution in [3.8, 4) is 0 Å². The molecule has 1 aromatic rings. The number of pyridine rings is 1. The van der Waals surface area contributed by atoms with Gasteiger partial charge < -0.3 is 15.0 Å². The zero-order valence-electron chi connectivity index (χ0n) is 10.3. The highest BCUT2D eigenvalue weighted by atomic mass is 16.4. The Bertz CT molecular complexity index is 507. The van der Waals surface area contributed by atoms with Crippen LogP contribution in [0.15, 0.2) is 23.1 Å². The zero-order valence-corrected chi connectivity index (χ0v) is 10.3. The number of carboxylic acid groups (broad SMARTS) is 1. The van der Waals surface area contributed by atoms with E-state index < -0.39 is 17.8 Å². The van der Waals surface area contributed by atoms with Gasteiger partial charge in [-0.2, -0.15) is 0 Å². The van der Waals surface area contributed by atoms with E-state index in [0.29, 0.717) is 6.42 Å². The van der Waals surface area contributed by atoms with Crippen LogP contribution in [0, 0.1) is 5.92 Å². The van der Waals surface area contributed by atoms with Crippen LogP contribution in [0.1, 0.15) is 23.7 Å². The number of nitrogens with one attached hydrogen (secondary N) is 1. The van der Waals surface area contributed by atoms with Crippen molar-refractivity contribution < 1.29 is 14.7 Å². The molecule has 0 saturated heterocycles. The SMILES string of the molecule is CCC(CNC(=O)c1ccn(C)c(=O)c1)C(=O)O. The standard InChI is InChI=1S/C12H16N2O4/c1-3-8(12(17)18)7-13-11(16)9-4-5-14(2)10(15)6-9/h4-6,8H,3,7H2,1-2H3,(H,13,16)(H,17,18). The molecule has 0 aliphatic rings. The van der Waals surface area contributed by atoms with Crippen LogP contribution < -0.4 is 10.9 Å². The van der Waals surface area contributed by atoms with Gasteiger partial charge in [-0.3, -0.25) is 14.4 Å². The average molecular weight is 252 g/mol. The second-order valence-corrected chi connectivity index (χ2v) is 4.02. The minimum absolute atomic E-state index is 0.0554. The Labute approximate surface area is 104 Å². The molecule has 0 aromatic carbocycles. The van der Waals surface area contributed by atoms with E-state index in [4.69, 9.17) is 5.11 Å². The van der Waals surface area contributed by atoms with Crippen molar-refractivity contribution in [2.75, 3.05) is 6.54 Å². The van der Waals surface area contributed by atoms with Crippen LogP contribution in [0.25, 0.3) is 0 Å². The number of hydrogen-bond acceptors (Lipinski definition) is 3. The quantitative estimate of drug-likeness (QED) is 0.785. The largest absolute Gasteiger partial charge is 0.481 e. The fourth-order valence-corrected chi connectivity index (χ4v) is 1.41. The predicted molar refractivity (Wildman–Crippen MR) is 65.4 cm³/mol. The fraction of sp³-hybridized carbons (Fsp3) is 0.417. The van der Waals surface area contributed by atoms with Crippen LogP contribution in [0.3, 0.4) is 0 Å². The van der Waals surface area contributed by atoms with Crippen LogP contribution in [-0.4, -0.2) is 28.1 Å². The van der Waals surface area contributed by atoms with Crippen LogP contribution in [0.4, 0.5) is 0 Å². The van der Waals surface area contributed by atoms with Crippen molar-refractivity contribution in [1.29, 1.82) is 0 Å². The summed E-state index contributed by atoms with van der Waals surface area (Å²) in [5, 5.41) is 11.3. The van der Waals surface area contributed by atoms with Gasteiger partial charge >= 0.3 is 5.97 Å². The van der Waals surface area contributed by atoms with E-state index >= 15 is 0 Å². The summed E-state index contributed by atoms with van der Waals surface area (Å²) >= 11 is 0. The Morgan fingerprint density at radius 3 is 2.67 bits per heavy atom. The summed E-state index contributed by atoms with van der Waals surface area (Å²) < 4.78 is 1.35. The summed E-state index contributed by atoms with van der Waals surface area (Å²) in [4.78, 5) is 33.8. The van der Waals surface area contributed by atoms with Gasteiger partial charge in [0.05, 0.1) is 5.92 Å². The number of carbonyl (C=O) groups is 2. The third-order valence-electron chi connectivity index (χ3n) is 2.72. The van der Waals surface area contributed by atoms with Gasteiger partial charge in [0.25, 0.3) is 11.5 Å². The second-order valence-electron chi connectivity index (χ2n) is 4.02. The number of aromatic nitrogens is 1. The molecule has 0 radical (unpaired) electrons. The molecule has 1 aromatic heterocycles. The summed E-state index contributed by atoms with van der Waals surface area (Å²) in [5.74, 6) is -1.99. The highest BCUT2D eigenvalue weighted by molar-refractivity contribution is 5.94. The van der Waals surface area contributed by atoms with Gasteiger partial charge in [-0.1, -0.05) is 6.92 Å². The van der Waals surface area contributed by atoms with E-state index in [-0.39, 0.29) is 17.7 Å². The van der Waals surface area contributed by atoms with Crippen molar-refractivity contribution in [2.45, 2.75) is 13.3 Å². The lowest BCUT2D eigenvalue weighted by molar-refractivity contribution is -0.141. The van der Waals surface area contributed by atoms with Gasteiger partial charge in [-0.15, -0.1) is 0 Å². The molecule has 6 nitrogen and oxygen atoms in total. The number of aliphatic carboxylic acids is 1. The van der Waals surface area contributed by atoms with E-state index in [1.165, 1.54) is 22.9 Å². The van der Waals surface area contributed by atoms with E-state index in [1.54, 1.807) is 14.0 Å². The first-order valence-corrected chi connectivity index (χ1v) is 5.63. The van der Waals surface area contributed by atoms with Gasteiger partial charge in [-0.05, 0) is 12.5 Å². The van der Waals surface area contributed by atoms with Crippen LogP contribution in [0.5, 0.6) is 0 Å². The van der Waals surface area contributed by atoms with Crippen LogP contribution >= 0.6 is 0 Å². The van der Waals surface area contributed by atoms with Gasteiger partial charge in [0.2, 0.25) is 0 Å². The van der Waals surface area contributed by atoms with Crippen molar-refractivity contribution in [1.82, 2.24) is 9.88 Å². The summed E-state index contributed by atoms with van der Waals surface area (Å²) in [6.07, 6.45) is 1.93. The smallest absolute Gasteiger partial charge is 0.308 e. The van der Waals surface area contributed by atoms with E-state index in [2.05, 4.69) is 5.32 Å². The molecular formula is C12H16N2O4. The zero-order chi connectivity index (χ0) is 13.7. The fourth-order valence-electron chi connectivity index (χ4n) is 1.41. The summed E-state index contributed by atoms with van der Waals surface area (Å²) in [6.45, 7) is 1.79. The molecule has 18 heavy (non-hydrogen) atoms. The highest BCUT2D eigenvalue weighted by Crippen LogP contribution is 2.01. The van der Waals surface area contributed by atoms with Crippen molar-refractivity contribution in [3.63, 3.8) is 0 Å². The number of nitrogens with zero attached hydrogens (tertiary/aromatic N) is 1. The Balaban J connectivity index is 2.68. The topological polar surface area (TPSA) is 88.4 Å². The molecular weight excluding hydrogens is 236 g/mol. The maximum atomic E-state index is 11.7. The first kappa shape index (κ1) is 14.0. The Morgan fingerprint density at radius 1 is 1.50 bits per heavy atom. The second kappa shape index (κ2) is 6.00. The first-order chi connectivity index (χ1) is 8.45. The number of carbonyl (C=O) groups excluding carboxylic acids is 1. The molecule has 1 amide bonds. The van der Waals surface area contributed by atoms with Gasteiger partial charge in [0.15, 0.2) is 0 Å². The molecule has 1 unspecified atom stereocenters. The van der Waals surface area contributed by atoms with Crippen LogP contribution in [-0.2, 0) is 11.8 Å². The summed E-state index contributed by atoms with van der Waals surface area (Å²) in [5.41, 5.74) is -0.0498. The number of hydrogen-bond donors (Lipinski definition) is 2. The monoisotopic (exact) mass is 252 g/mol. The molecule has 0 saturated carbocycles. The lowest BCUT2D eigenvalue weighted by Gasteiger charge is -2.11. The molecule has 0 aliphatic heterocycles. The number of rotatable bonds is 5. The Morgan fingerprint density at radius 2 is 2.17 bits per heavy atom. The molecule has 1 heterocycles. The molecule has 0 spiro atoms. The summed E-state index contributed by atoms with van der Waals surface area (Å²) in [7, 11) is 1.58. The van der Waals surface area contributed by atoms with Gasteiger partial charge in [0, 0.05) is 31.4 Å². The van der Waals surface area contributed by atoms with Crippen molar-refractivity contribution in [3.05, 3.63) is 34.2 Å². The Kier molecular flexibility index (Phi) is 4.65. The van der Waals surface area contributed by atoms with Gasteiger partial charge in [0.1, 0.15) is 0 Å². The minimum Gasteiger partial charge on any atom is -0.481 e. The molecule has 98 valence electrons. The van der Waals surface area contributed by atoms with E-state index in [0.717, 1.165) is 0 Å². The van der Waals surface area contributed by atoms with Crippen molar-refractivity contribution >= 4 is 11.9 Å². The molecule has 0 fully saturated rings. The minimum atomic E-state index is -0.943. The number of aryl methyl sites for hydroxylation is 1. The lowest BCUT2D eigenvalue weighted by Crippen LogP contribution is -2.33. The van der Waals surface area contributed by atoms with Gasteiger partial charge in [-0.25, -0.2) is 0 Å². The maximum Gasteiger partial charge on any atom is 0.308 e. The van der Waals surface area contributed by atoms with E-state index in [1.807, 2.05) is 0 Å². The highest BCUT2D eigenvalue weighted by Gasteiger charge is 2.16. The Hall–Kier alpha value is -2.11. The maximum absolute atomic E-state index is 11.7. The molecule has 0 bridgehead atoms.